The molecule has 11 unspecified atom stereocenters. The van der Waals surface area contributed by atoms with E-state index in [0.29, 0.717) is 94.0 Å². The fourth-order valence-corrected chi connectivity index (χ4v) is 21.8. The Kier molecular flexibility index (Phi) is 34.7. The van der Waals surface area contributed by atoms with Gasteiger partial charge in [0, 0.05) is 55.2 Å². The van der Waals surface area contributed by atoms with Crippen LogP contribution in [0.4, 0.5) is 0 Å². The summed E-state index contributed by atoms with van der Waals surface area (Å²) in [6.07, 6.45) is 18.5. The third-order valence-corrected chi connectivity index (χ3v) is 28.7. The zero-order valence-electron chi connectivity index (χ0n) is 76.1. The highest BCUT2D eigenvalue weighted by Crippen LogP contribution is 2.50. The molecule has 0 spiro atoms. The van der Waals surface area contributed by atoms with Gasteiger partial charge < -0.3 is 72.4 Å². The van der Waals surface area contributed by atoms with Crippen molar-refractivity contribution < 1.29 is 90.7 Å². The van der Waals surface area contributed by atoms with Gasteiger partial charge in [0.15, 0.2) is 23.0 Å². The zero-order valence-corrected chi connectivity index (χ0v) is 76.1. The van der Waals surface area contributed by atoms with E-state index in [1.165, 1.54) is 88.5 Å². The summed E-state index contributed by atoms with van der Waals surface area (Å²) in [6.45, 7) is 12.7. The molecule has 17 rings (SSSR count). The van der Waals surface area contributed by atoms with Crippen molar-refractivity contribution in [2.75, 3.05) is 82.5 Å². The summed E-state index contributed by atoms with van der Waals surface area (Å²) < 4.78 is 37.5. The van der Waals surface area contributed by atoms with Gasteiger partial charge in [-0.2, -0.15) is 0 Å². The van der Waals surface area contributed by atoms with E-state index in [0.717, 1.165) is 137 Å². The van der Waals surface area contributed by atoms with E-state index in [-0.39, 0.29) is 136 Å². The number of Topliss-reactive ketones (excluding diaryl/α,β-unsaturated/α-hetero) is 4. The minimum atomic E-state index is -0.710. The molecule has 11 aliphatic heterocycles. The summed E-state index contributed by atoms with van der Waals surface area (Å²) in [5.41, 5.74) is 7.71. The smallest absolute Gasteiger partial charge is 0.295 e. The second-order valence-corrected chi connectivity index (χ2v) is 36.0. The molecule has 11 heterocycles. The number of hydrogen-bond donors (Lipinski definition) is 0. The van der Waals surface area contributed by atoms with Crippen LogP contribution in [0.5, 0.6) is 40.2 Å². The molecular weight excluding hydrogens is 1680 g/mol. The first-order valence-corrected chi connectivity index (χ1v) is 46.0. The van der Waals surface area contributed by atoms with Crippen molar-refractivity contribution in [2.24, 2.45) is 11.3 Å². The number of carbonyl (C=O) groups is 12. The number of aryl methyl sites for hydroxylation is 3. The molecule has 0 N–H and O–H groups in total. The third kappa shape index (κ3) is 19.9. The van der Waals surface area contributed by atoms with Gasteiger partial charge in [-0.3, -0.25) is 57.5 Å². The van der Waals surface area contributed by atoms with Crippen LogP contribution in [0.3, 0.4) is 0 Å². The van der Waals surface area contributed by atoms with Crippen molar-refractivity contribution in [1.82, 2.24) is 39.2 Å². The summed E-state index contributed by atoms with van der Waals surface area (Å²) in [7, 11) is 10.4. The van der Waals surface area contributed by atoms with Gasteiger partial charge in [-0.25, -0.2) is 0 Å². The number of rotatable bonds is 23. The maximum Gasteiger partial charge on any atom is 0.295 e. The van der Waals surface area contributed by atoms with E-state index >= 15 is 0 Å². The van der Waals surface area contributed by atoms with Gasteiger partial charge in [-0.1, -0.05) is 149 Å². The van der Waals surface area contributed by atoms with Crippen LogP contribution in [0.25, 0.3) is 0 Å². The van der Waals surface area contributed by atoms with E-state index in [1.54, 1.807) is 21.8 Å². The van der Waals surface area contributed by atoms with Gasteiger partial charge in [-0.05, 0) is 223 Å². The summed E-state index contributed by atoms with van der Waals surface area (Å²) in [6, 6.07) is 35.1. The molecule has 8 amide bonds. The van der Waals surface area contributed by atoms with Gasteiger partial charge in [0.05, 0.1) is 92.1 Å². The third-order valence-electron chi connectivity index (χ3n) is 28.7. The molecule has 11 atom stereocenters. The predicted octanol–water partition coefficient (Wildman–Crippen LogP) is 15.4. The highest BCUT2D eigenvalue weighted by Gasteiger charge is 2.58. The second kappa shape index (κ2) is 44.7. The first kappa shape index (κ1) is 102. The SMILES string of the molecule is C.C.C.C.CCC(C)(C)C(=O)C(=O)N1C2CCCC1C1c3ccccc3CCCN1C2=O.CCC(CC)C(=O)C(=O)N1C2CCCC1C(=O)N(CCCCc1ccccc1)C2.COc1cc(C(=O)C(=O)N2C3CCCC2C2c4ccccc4CCCN2C3=O)cc(OC)c1OC.COc1ccc2c(c1)CCN1C(=O)C3CCCC(C21)N3C(=O)C(=O)c1cc(OC)c(OC)c(OC)c1. The number of unbranched alkanes of at least 4 members (excludes halogenated alkanes) is 1. The molecule has 27 heteroatoms. The minimum absolute atomic E-state index is 0. The number of ether oxygens (including phenoxy) is 7. The van der Waals surface area contributed by atoms with Crippen molar-refractivity contribution in [3.8, 4) is 40.2 Å². The molecule has 8 fully saturated rings. The topological polar surface area (TPSA) is 295 Å². The molecule has 0 saturated carbocycles. The zero-order chi connectivity index (χ0) is 91.1. The van der Waals surface area contributed by atoms with E-state index in [2.05, 4.69) is 48.5 Å². The minimum Gasteiger partial charge on any atom is -0.497 e. The van der Waals surface area contributed by atoms with Crippen molar-refractivity contribution in [3.05, 3.63) is 171 Å². The molecule has 6 aromatic rings. The molecular formula is C105H140N8O19. The normalized spacial score (nSPS) is 22.7. The molecule has 0 radical (unpaired) electrons. The highest BCUT2D eigenvalue weighted by atomic mass is 16.5. The average Bonchev–Trinajstić information content (AvgIpc) is 1.12. The van der Waals surface area contributed by atoms with E-state index in [1.807, 2.05) is 103 Å². The number of hydrogen-bond acceptors (Lipinski definition) is 19. The van der Waals surface area contributed by atoms with Crippen LogP contribution in [0.15, 0.2) is 121 Å². The molecule has 8 saturated heterocycles. The first-order valence-electron chi connectivity index (χ1n) is 46.0. The van der Waals surface area contributed by atoms with Gasteiger partial charge in [-0.15, -0.1) is 0 Å². The number of methoxy groups -OCH3 is 7. The number of piperazine rings is 4. The van der Waals surface area contributed by atoms with Crippen molar-refractivity contribution in [1.29, 1.82) is 0 Å². The number of fused-ring (bicyclic) bond motifs is 20. The molecule has 0 aromatic heterocycles. The van der Waals surface area contributed by atoms with Gasteiger partial charge in [0.25, 0.3) is 35.2 Å². The summed E-state index contributed by atoms with van der Waals surface area (Å²) in [5, 5.41) is 0. The van der Waals surface area contributed by atoms with Gasteiger partial charge in [0.1, 0.15) is 29.9 Å². The Morgan fingerprint density at radius 2 is 0.811 bits per heavy atom. The summed E-state index contributed by atoms with van der Waals surface area (Å²) >= 11 is 0. The Morgan fingerprint density at radius 1 is 0.402 bits per heavy atom. The number of benzene rings is 6. The van der Waals surface area contributed by atoms with Crippen LogP contribution in [-0.4, -0.2) is 240 Å². The molecule has 8 bridgehead atoms. The van der Waals surface area contributed by atoms with Crippen LogP contribution in [0.2, 0.25) is 0 Å². The Balaban J connectivity index is 0.000000182. The number of piperidine rings is 4. The van der Waals surface area contributed by atoms with E-state index in [4.69, 9.17) is 33.2 Å². The number of nitrogens with zero attached hydrogens (tertiary/aromatic N) is 8. The maximum atomic E-state index is 13.8. The molecule has 6 aromatic carbocycles. The maximum absolute atomic E-state index is 13.8. The van der Waals surface area contributed by atoms with Gasteiger partial charge >= 0.3 is 0 Å². The van der Waals surface area contributed by atoms with Crippen LogP contribution in [-0.2, 0) is 73.6 Å². The van der Waals surface area contributed by atoms with Gasteiger partial charge in [0.2, 0.25) is 46.7 Å². The molecule has 27 nitrogen and oxygen atoms in total. The average molecular weight is 1820 g/mol. The Labute approximate surface area is 780 Å². The quantitative estimate of drug-likeness (QED) is 0.0327. The van der Waals surface area contributed by atoms with Crippen molar-refractivity contribution in [3.63, 3.8) is 0 Å². The van der Waals surface area contributed by atoms with E-state index in [9.17, 15) is 57.5 Å². The molecule has 11 aliphatic rings. The van der Waals surface area contributed by atoms with Crippen molar-refractivity contribution >= 4 is 70.4 Å². The summed E-state index contributed by atoms with van der Waals surface area (Å²) in [5.74, 6) is -2.06. The van der Waals surface area contributed by atoms with Crippen molar-refractivity contribution in [2.45, 2.75) is 278 Å². The lowest BCUT2D eigenvalue weighted by molar-refractivity contribution is -0.169. The van der Waals surface area contributed by atoms with Crippen LogP contribution in [0.1, 0.15) is 264 Å². The summed E-state index contributed by atoms with van der Waals surface area (Å²) in [4.78, 5) is 174. The predicted molar refractivity (Wildman–Crippen MR) is 505 cm³/mol. The van der Waals surface area contributed by atoms with E-state index < -0.39 is 64.8 Å². The lowest BCUT2D eigenvalue weighted by atomic mass is 9.78. The fraction of sp³-hybridized carbons (Fsp3) is 0.543. The Hall–Kier alpha value is -11.6. The van der Waals surface area contributed by atoms with Crippen LogP contribution >= 0.6 is 0 Å². The fourth-order valence-electron chi connectivity index (χ4n) is 21.8. The lowest BCUT2D eigenvalue weighted by Crippen LogP contribution is -2.68. The monoisotopic (exact) mass is 1820 g/mol. The molecule has 132 heavy (non-hydrogen) atoms. The first-order chi connectivity index (χ1) is 61.8. The Bertz CT molecular complexity index is 5130. The lowest BCUT2D eigenvalue weighted by Gasteiger charge is -2.55. The number of likely N-dealkylation sites (tertiary alicyclic amines) is 1. The second-order valence-electron chi connectivity index (χ2n) is 36.0. The number of carbonyl (C=O) groups excluding carboxylic acids is 12. The number of ketones is 4. The Morgan fingerprint density at radius 3 is 1.23 bits per heavy atom. The van der Waals surface area contributed by atoms with Crippen LogP contribution in [0, 0.1) is 11.3 Å². The number of amides is 8. The molecule has 0 aliphatic carbocycles. The largest absolute Gasteiger partial charge is 0.497 e. The molecule has 714 valence electrons. The highest BCUT2D eigenvalue weighted by molar-refractivity contribution is 6.44. The van der Waals surface area contributed by atoms with Crippen LogP contribution < -0.4 is 33.2 Å². The standard InChI is InChI=1S/C27H30N2O7.C27H30N2O6.C24H34N2O3.C23H30N2O3.4CH4/c1-33-17-8-9-18-15(12-17)10-11-28-23(18)19-6-5-7-20(26(28)31)29(19)27(32)24(30)16-13-21(34-2)25(36-4)22(14-16)35-3;1-33-21-14-17(15-22(34-2)25(21)35-3)24(30)27(32)29-19-11-6-12-20(29)26(31)28-13-7-9-16-8-4-5-10-18(16)23(19)28;1-3-19(4-2)22(27)24(29)26-20-14-10-15-21(26)23(28)25(17-20)16-9-8-13-18-11-6-5-7-12-18;1-4-23(2,3)20(26)22(28)25-17-12-7-13-18(25)21(27)24-14-8-10-15-9-5-6-11-16(15)19(17)24;;;;/h8-9,12-14,19-20,23H,5-7,10-11H2,1-4H3;4-5,8,10,14-15,19-20,23H,6-7,9,11-13H2,1-3H3;5-7,11-12,19-21H,3-4,8-10,13-17H2,1-2H3;5-6,9,11,17-19H,4,7-8,10,12-14H2,1-3H3;4*1H4.